The van der Waals surface area contributed by atoms with Gasteiger partial charge in [-0.3, -0.25) is 4.79 Å². The lowest BCUT2D eigenvalue weighted by Crippen LogP contribution is -2.09. The molecule has 0 spiro atoms. The van der Waals surface area contributed by atoms with Gasteiger partial charge in [-0.1, -0.05) is 6.92 Å². The van der Waals surface area contributed by atoms with Crippen molar-refractivity contribution in [1.29, 1.82) is 0 Å². The highest BCUT2D eigenvalue weighted by Gasteiger charge is 2.04. The molecule has 0 heterocycles. The Morgan fingerprint density at radius 3 is 1.50 bits per heavy atom. The molecule has 0 aliphatic heterocycles. The monoisotopic (exact) mass is 178 g/mol. The number of carbonyl (C=O) groups is 3. The van der Waals surface area contributed by atoms with E-state index >= 15 is 0 Å². The average Bonchev–Trinajstić information content (AvgIpc) is 2.04. The Labute approximate surface area is 68.8 Å². The van der Waals surface area contributed by atoms with Gasteiger partial charge in [0, 0.05) is 6.42 Å². The molecule has 70 valence electrons. The van der Waals surface area contributed by atoms with Crippen LogP contribution in [-0.4, -0.2) is 35.2 Å². The molecule has 0 atom stereocenters. The molecule has 12 heavy (non-hydrogen) atoms. The van der Waals surface area contributed by atoms with Gasteiger partial charge in [0.15, 0.2) is 0 Å². The number of ether oxygens (including phenoxy) is 1. The summed E-state index contributed by atoms with van der Waals surface area (Å²) >= 11 is 0. The van der Waals surface area contributed by atoms with Crippen LogP contribution in [0.5, 0.6) is 0 Å². The number of rotatable bonds is 1. The van der Waals surface area contributed by atoms with Gasteiger partial charge in [0.05, 0.1) is 7.11 Å². The number of carboxylic acid groups (broad SMARTS) is 2. The quantitative estimate of drug-likeness (QED) is 0.423. The predicted molar refractivity (Wildman–Crippen MR) is 37.6 cm³/mol. The molecule has 0 aliphatic rings. The third-order valence-electron chi connectivity index (χ3n) is 0.699. The number of hydrogen-bond donors (Lipinski definition) is 2. The normalized spacial score (nSPS) is 7.50. The Morgan fingerprint density at radius 1 is 1.17 bits per heavy atom. The Morgan fingerprint density at radius 2 is 1.50 bits per heavy atom. The molecule has 0 bridgehead atoms. The van der Waals surface area contributed by atoms with Crippen LogP contribution in [0.15, 0.2) is 0 Å². The van der Waals surface area contributed by atoms with Gasteiger partial charge in [-0.15, -0.1) is 0 Å². The minimum absolute atomic E-state index is 0.157. The van der Waals surface area contributed by atoms with Crippen molar-refractivity contribution in [2.75, 3.05) is 7.11 Å². The van der Waals surface area contributed by atoms with E-state index in [2.05, 4.69) is 4.74 Å². The van der Waals surface area contributed by atoms with Gasteiger partial charge in [-0.25, -0.2) is 9.59 Å². The topological polar surface area (TPSA) is 101 Å². The summed E-state index contributed by atoms with van der Waals surface area (Å²) in [6.07, 6.45) is 0.469. The molecule has 6 nitrogen and oxygen atoms in total. The van der Waals surface area contributed by atoms with E-state index in [0.717, 1.165) is 0 Å². The molecule has 6 heteroatoms. The highest BCUT2D eigenvalue weighted by atomic mass is 16.5. The highest BCUT2D eigenvalue weighted by Crippen LogP contribution is 1.76. The van der Waals surface area contributed by atoms with Gasteiger partial charge in [0.2, 0.25) is 0 Å². The van der Waals surface area contributed by atoms with Gasteiger partial charge >= 0.3 is 17.9 Å². The maximum absolute atomic E-state index is 9.96. The minimum atomic E-state index is -1.82. The smallest absolute Gasteiger partial charge is 0.414 e. The zero-order valence-corrected chi connectivity index (χ0v) is 6.73. The number of carbonyl (C=O) groups excluding carboxylic acids is 1. The molecule has 0 rings (SSSR count). The second-order valence-electron chi connectivity index (χ2n) is 1.54. The van der Waals surface area contributed by atoms with Crippen molar-refractivity contribution in [3.63, 3.8) is 0 Å². The number of carboxylic acids is 2. The maximum atomic E-state index is 9.96. The summed E-state index contributed by atoms with van der Waals surface area (Å²) in [5, 5.41) is 14.8. The lowest BCUT2D eigenvalue weighted by atomic mass is 10.5. The van der Waals surface area contributed by atoms with Crippen molar-refractivity contribution in [2.24, 2.45) is 0 Å². The van der Waals surface area contributed by atoms with Crippen LogP contribution in [0, 0.1) is 0 Å². The van der Waals surface area contributed by atoms with Crippen LogP contribution in [-0.2, 0) is 19.1 Å². The SMILES string of the molecule is CCC(=O)OC.O=C(O)C(=O)O. The molecule has 0 fully saturated rings. The van der Waals surface area contributed by atoms with Crippen molar-refractivity contribution in [2.45, 2.75) is 13.3 Å². The summed E-state index contributed by atoms with van der Waals surface area (Å²) in [6, 6.07) is 0. The third-order valence-corrected chi connectivity index (χ3v) is 0.699. The standard InChI is InChI=1S/C4H8O2.C2H2O4/c1-3-4(5)6-2;3-1(4)2(5)6/h3H2,1-2H3;(H,3,4)(H,5,6). The van der Waals surface area contributed by atoms with Crippen LogP contribution in [0.4, 0.5) is 0 Å². The fourth-order valence-electron chi connectivity index (χ4n) is 0.144. The van der Waals surface area contributed by atoms with E-state index in [1.807, 2.05) is 0 Å². The second kappa shape index (κ2) is 7.52. The number of esters is 1. The van der Waals surface area contributed by atoms with Crippen LogP contribution >= 0.6 is 0 Å². The van der Waals surface area contributed by atoms with Crippen LogP contribution in [0.25, 0.3) is 0 Å². The van der Waals surface area contributed by atoms with Crippen molar-refractivity contribution < 1.29 is 29.3 Å². The third kappa shape index (κ3) is 11.2. The van der Waals surface area contributed by atoms with Crippen LogP contribution < -0.4 is 0 Å². The van der Waals surface area contributed by atoms with E-state index in [0.29, 0.717) is 6.42 Å². The molecule has 0 aliphatic carbocycles. The van der Waals surface area contributed by atoms with Gasteiger partial charge in [-0.05, 0) is 0 Å². The summed E-state index contributed by atoms with van der Waals surface area (Å²) < 4.78 is 4.26. The minimum Gasteiger partial charge on any atom is -0.473 e. The zero-order chi connectivity index (χ0) is 10.1. The Hall–Kier alpha value is -1.59. The molecule has 2 N–H and O–H groups in total. The summed E-state index contributed by atoms with van der Waals surface area (Å²) in [5.41, 5.74) is 0. The van der Waals surface area contributed by atoms with Crippen LogP contribution in [0.3, 0.4) is 0 Å². The lowest BCUT2D eigenvalue weighted by Gasteiger charge is -1.87. The largest absolute Gasteiger partial charge is 0.473 e. The summed E-state index contributed by atoms with van der Waals surface area (Å²) in [7, 11) is 1.38. The molecule has 0 aromatic carbocycles. The Bertz CT molecular complexity index is 155. The number of aliphatic carboxylic acids is 2. The van der Waals surface area contributed by atoms with Gasteiger partial charge in [0.1, 0.15) is 0 Å². The fraction of sp³-hybridized carbons (Fsp3) is 0.500. The molecule has 0 saturated heterocycles. The van der Waals surface area contributed by atoms with E-state index < -0.39 is 11.9 Å². The van der Waals surface area contributed by atoms with Crippen molar-refractivity contribution in [1.82, 2.24) is 0 Å². The van der Waals surface area contributed by atoms with Gasteiger partial charge in [0.25, 0.3) is 0 Å². The van der Waals surface area contributed by atoms with Crippen LogP contribution in [0.2, 0.25) is 0 Å². The predicted octanol–water partition coefficient (Wildman–Crippen LogP) is -0.275. The molecule has 0 aromatic heterocycles. The molecule has 0 unspecified atom stereocenters. The van der Waals surface area contributed by atoms with E-state index in [1.54, 1.807) is 6.92 Å². The van der Waals surface area contributed by atoms with Crippen molar-refractivity contribution in [3.8, 4) is 0 Å². The summed E-state index contributed by atoms with van der Waals surface area (Å²) in [6.45, 7) is 1.76. The molecule has 0 amide bonds. The van der Waals surface area contributed by atoms with Crippen molar-refractivity contribution in [3.05, 3.63) is 0 Å². The molecular formula is C6H10O6. The first-order valence-corrected chi connectivity index (χ1v) is 2.98. The molecule has 0 radical (unpaired) electrons. The van der Waals surface area contributed by atoms with Crippen LogP contribution in [0.1, 0.15) is 13.3 Å². The Balaban J connectivity index is 0. The van der Waals surface area contributed by atoms with Crippen molar-refractivity contribution >= 4 is 17.9 Å². The first-order valence-electron chi connectivity index (χ1n) is 2.98. The first kappa shape index (κ1) is 13.0. The average molecular weight is 178 g/mol. The Kier molecular flexibility index (Phi) is 8.16. The van der Waals surface area contributed by atoms with E-state index in [-0.39, 0.29) is 5.97 Å². The maximum Gasteiger partial charge on any atom is 0.414 e. The summed E-state index contributed by atoms with van der Waals surface area (Å²) in [5.74, 6) is -3.81. The van der Waals surface area contributed by atoms with E-state index in [4.69, 9.17) is 19.8 Å². The second-order valence-corrected chi connectivity index (χ2v) is 1.54. The number of hydrogen-bond acceptors (Lipinski definition) is 4. The van der Waals surface area contributed by atoms with Gasteiger partial charge < -0.3 is 14.9 Å². The fourth-order valence-corrected chi connectivity index (χ4v) is 0.144. The highest BCUT2D eigenvalue weighted by molar-refractivity contribution is 6.27. The first-order chi connectivity index (χ1) is 5.45. The van der Waals surface area contributed by atoms with Gasteiger partial charge in [-0.2, -0.15) is 0 Å². The number of methoxy groups -OCH3 is 1. The van der Waals surface area contributed by atoms with E-state index in [1.165, 1.54) is 7.11 Å². The zero-order valence-electron chi connectivity index (χ0n) is 6.73. The molecular weight excluding hydrogens is 168 g/mol. The summed E-state index contributed by atoms with van der Waals surface area (Å²) in [4.78, 5) is 28.2. The molecule has 0 aromatic rings. The van der Waals surface area contributed by atoms with E-state index in [9.17, 15) is 4.79 Å². The lowest BCUT2D eigenvalue weighted by molar-refractivity contribution is -0.159. The molecule has 0 saturated carbocycles.